The number of rotatable bonds is 9. The van der Waals surface area contributed by atoms with Gasteiger partial charge in [-0.3, -0.25) is 0 Å². The summed E-state index contributed by atoms with van der Waals surface area (Å²) in [7, 11) is 3.15. The fourth-order valence-corrected chi connectivity index (χ4v) is 1.12. The molecule has 0 aromatic heterocycles. The van der Waals surface area contributed by atoms with Gasteiger partial charge in [0.1, 0.15) is 12.2 Å². The van der Waals surface area contributed by atoms with Gasteiger partial charge in [0.15, 0.2) is 0 Å². The quantitative estimate of drug-likeness (QED) is 0.568. The monoisotopic (exact) mass is 206 g/mol. The second kappa shape index (κ2) is 9.40. The standard InChI is InChI=1S/C10H22O4/c1-4-5-6-14-8-10(13-3)9(7-11)12-2/h9-11H,4-8H2,1-3H3. The molecular weight excluding hydrogens is 184 g/mol. The van der Waals surface area contributed by atoms with Gasteiger partial charge < -0.3 is 19.3 Å². The summed E-state index contributed by atoms with van der Waals surface area (Å²) in [4.78, 5) is 0. The normalized spacial score (nSPS) is 15.4. The van der Waals surface area contributed by atoms with E-state index in [0.717, 1.165) is 19.4 Å². The minimum Gasteiger partial charge on any atom is -0.394 e. The van der Waals surface area contributed by atoms with Gasteiger partial charge in [-0.1, -0.05) is 13.3 Å². The van der Waals surface area contributed by atoms with E-state index in [2.05, 4.69) is 6.92 Å². The van der Waals surface area contributed by atoms with Crippen molar-refractivity contribution in [1.82, 2.24) is 0 Å². The molecule has 0 saturated heterocycles. The van der Waals surface area contributed by atoms with Gasteiger partial charge in [-0.25, -0.2) is 0 Å². The van der Waals surface area contributed by atoms with Crippen LogP contribution in [0.4, 0.5) is 0 Å². The molecule has 0 bridgehead atoms. The van der Waals surface area contributed by atoms with Crippen LogP contribution in [0.5, 0.6) is 0 Å². The Kier molecular flexibility index (Phi) is 9.29. The van der Waals surface area contributed by atoms with Crippen molar-refractivity contribution >= 4 is 0 Å². The Hall–Kier alpha value is -0.160. The van der Waals surface area contributed by atoms with Crippen LogP contribution < -0.4 is 0 Å². The molecular formula is C10H22O4. The first-order valence-corrected chi connectivity index (χ1v) is 5.04. The number of ether oxygens (including phenoxy) is 3. The first kappa shape index (κ1) is 13.8. The highest BCUT2D eigenvalue weighted by atomic mass is 16.6. The zero-order valence-electron chi connectivity index (χ0n) is 9.36. The highest BCUT2D eigenvalue weighted by Gasteiger charge is 2.19. The third kappa shape index (κ3) is 5.54. The molecule has 0 radical (unpaired) electrons. The van der Waals surface area contributed by atoms with Crippen LogP contribution in [0.2, 0.25) is 0 Å². The van der Waals surface area contributed by atoms with Crippen molar-refractivity contribution in [2.75, 3.05) is 34.0 Å². The summed E-state index contributed by atoms with van der Waals surface area (Å²) in [6.07, 6.45) is 1.67. The van der Waals surface area contributed by atoms with Crippen LogP contribution in [0.15, 0.2) is 0 Å². The molecule has 0 aromatic rings. The number of aliphatic hydroxyl groups excluding tert-OH is 1. The molecule has 1 N–H and O–H groups in total. The topological polar surface area (TPSA) is 47.9 Å². The van der Waals surface area contributed by atoms with Crippen LogP contribution in [0, 0.1) is 0 Å². The molecule has 4 nitrogen and oxygen atoms in total. The Morgan fingerprint density at radius 2 is 1.79 bits per heavy atom. The Morgan fingerprint density at radius 3 is 2.21 bits per heavy atom. The van der Waals surface area contributed by atoms with Crippen LogP contribution in [0.25, 0.3) is 0 Å². The lowest BCUT2D eigenvalue weighted by Gasteiger charge is -2.22. The molecule has 0 aromatic carbocycles. The number of hydrogen-bond acceptors (Lipinski definition) is 4. The van der Waals surface area contributed by atoms with E-state index in [1.807, 2.05) is 0 Å². The minimum absolute atomic E-state index is 0.0495. The molecule has 14 heavy (non-hydrogen) atoms. The average molecular weight is 206 g/mol. The van der Waals surface area contributed by atoms with Gasteiger partial charge >= 0.3 is 0 Å². The zero-order chi connectivity index (χ0) is 10.8. The molecule has 0 saturated carbocycles. The second-order valence-corrected chi connectivity index (χ2v) is 3.16. The fourth-order valence-electron chi connectivity index (χ4n) is 1.12. The minimum atomic E-state index is -0.304. The Bertz CT molecular complexity index is 115. The van der Waals surface area contributed by atoms with Gasteiger partial charge in [-0.05, 0) is 6.42 Å². The highest BCUT2D eigenvalue weighted by molar-refractivity contribution is 4.68. The van der Waals surface area contributed by atoms with Crippen LogP contribution in [-0.2, 0) is 14.2 Å². The molecule has 0 aliphatic rings. The summed E-state index contributed by atoms with van der Waals surface area (Å²) in [5.74, 6) is 0. The molecule has 0 aliphatic heterocycles. The lowest BCUT2D eigenvalue weighted by Crippen LogP contribution is -2.36. The van der Waals surface area contributed by atoms with Gasteiger partial charge in [0.2, 0.25) is 0 Å². The van der Waals surface area contributed by atoms with Gasteiger partial charge in [0.05, 0.1) is 13.2 Å². The van der Waals surface area contributed by atoms with Crippen molar-refractivity contribution in [1.29, 1.82) is 0 Å². The maximum atomic E-state index is 8.97. The molecule has 0 heterocycles. The van der Waals surface area contributed by atoms with Gasteiger partial charge in [0.25, 0.3) is 0 Å². The lowest BCUT2D eigenvalue weighted by atomic mass is 10.2. The lowest BCUT2D eigenvalue weighted by molar-refractivity contribution is -0.0919. The van der Waals surface area contributed by atoms with Gasteiger partial charge in [-0.2, -0.15) is 0 Å². The highest BCUT2D eigenvalue weighted by Crippen LogP contribution is 2.03. The van der Waals surface area contributed by atoms with Gasteiger partial charge in [0, 0.05) is 20.8 Å². The third-order valence-corrected chi connectivity index (χ3v) is 2.12. The number of unbranched alkanes of at least 4 members (excludes halogenated alkanes) is 1. The van der Waals surface area contributed by atoms with E-state index in [-0.39, 0.29) is 18.8 Å². The maximum absolute atomic E-state index is 8.97. The smallest absolute Gasteiger partial charge is 0.109 e. The summed E-state index contributed by atoms with van der Waals surface area (Å²) < 4.78 is 15.6. The van der Waals surface area contributed by atoms with Crippen LogP contribution in [0.1, 0.15) is 19.8 Å². The van der Waals surface area contributed by atoms with E-state index in [1.165, 1.54) is 0 Å². The number of hydrogen-bond donors (Lipinski definition) is 1. The largest absolute Gasteiger partial charge is 0.394 e. The van der Waals surface area contributed by atoms with Crippen molar-refractivity contribution in [3.8, 4) is 0 Å². The van der Waals surface area contributed by atoms with Crippen molar-refractivity contribution in [3.05, 3.63) is 0 Å². The SMILES string of the molecule is CCCCOCC(OC)C(CO)OC. The molecule has 4 heteroatoms. The predicted octanol–water partition coefficient (Wildman–Crippen LogP) is 0.825. The Morgan fingerprint density at radius 1 is 1.14 bits per heavy atom. The van der Waals surface area contributed by atoms with E-state index in [4.69, 9.17) is 19.3 Å². The first-order chi connectivity index (χ1) is 6.79. The maximum Gasteiger partial charge on any atom is 0.109 e. The van der Waals surface area contributed by atoms with Crippen LogP contribution >= 0.6 is 0 Å². The summed E-state index contributed by atoms with van der Waals surface area (Å²) in [5, 5.41) is 8.97. The van der Waals surface area contributed by atoms with Crippen molar-refractivity contribution in [2.24, 2.45) is 0 Å². The number of methoxy groups -OCH3 is 2. The van der Waals surface area contributed by atoms with Crippen molar-refractivity contribution in [2.45, 2.75) is 32.0 Å². The summed E-state index contributed by atoms with van der Waals surface area (Å²) in [6.45, 7) is 3.27. The molecule has 2 unspecified atom stereocenters. The summed E-state index contributed by atoms with van der Waals surface area (Å²) in [5.41, 5.74) is 0. The molecule has 2 atom stereocenters. The third-order valence-electron chi connectivity index (χ3n) is 2.12. The predicted molar refractivity (Wildman–Crippen MR) is 54.4 cm³/mol. The molecule has 86 valence electrons. The molecule has 0 fully saturated rings. The molecule has 0 rings (SSSR count). The fraction of sp³-hybridized carbons (Fsp3) is 1.00. The van der Waals surface area contributed by atoms with Crippen molar-refractivity contribution in [3.63, 3.8) is 0 Å². The van der Waals surface area contributed by atoms with Crippen LogP contribution in [0.3, 0.4) is 0 Å². The van der Waals surface area contributed by atoms with Crippen molar-refractivity contribution < 1.29 is 19.3 Å². The van der Waals surface area contributed by atoms with E-state index in [1.54, 1.807) is 14.2 Å². The van der Waals surface area contributed by atoms with E-state index < -0.39 is 0 Å². The van der Waals surface area contributed by atoms with Gasteiger partial charge in [-0.15, -0.1) is 0 Å². The van der Waals surface area contributed by atoms with Crippen LogP contribution in [-0.4, -0.2) is 51.4 Å². The second-order valence-electron chi connectivity index (χ2n) is 3.16. The van der Waals surface area contributed by atoms with E-state index in [9.17, 15) is 0 Å². The van der Waals surface area contributed by atoms with E-state index >= 15 is 0 Å². The first-order valence-electron chi connectivity index (χ1n) is 5.04. The average Bonchev–Trinajstić information content (AvgIpc) is 2.23. The molecule has 0 amide bonds. The Balaban J connectivity index is 3.65. The molecule has 0 aliphatic carbocycles. The Labute approximate surface area is 86.2 Å². The number of aliphatic hydroxyl groups is 1. The zero-order valence-corrected chi connectivity index (χ0v) is 9.36. The molecule has 0 spiro atoms. The summed E-state index contributed by atoms with van der Waals surface area (Å²) in [6, 6.07) is 0. The summed E-state index contributed by atoms with van der Waals surface area (Å²) >= 11 is 0. The van der Waals surface area contributed by atoms with E-state index in [0.29, 0.717) is 6.61 Å².